The van der Waals surface area contributed by atoms with Crippen molar-refractivity contribution in [3.05, 3.63) is 48.8 Å². The van der Waals surface area contributed by atoms with Crippen LogP contribution in [-0.4, -0.2) is 16.5 Å². The van der Waals surface area contributed by atoms with E-state index in [0.29, 0.717) is 6.42 Å². The van der Waals surface area contributed by atoms with Crippen LogP contribution in [-0.2, 0) is 4.79 Å². The lowest BCUT2D eigenvalue weighted by atomic mass is 10.1. The van der Waals surface area contributed by atoms with Gasteiger partial charge in [-0.15, -0.1) is 0 Å². The molecule has 3 N–H and O–H groups in total. The molecular formula is C16H21N3O. The molecule has 0 bridgehead atoms. The normalized spacial score (nSPS) is 12.1. The number of carbonyl (C=O) groups is 1. The molecule has 0 radical (unpaired) electrons. The van der Waals surface area contributed by atoms with Crippen molar-refractivity contribution >= 4 is 11.6 Å². The van der Waals surface area contributed by atoms with Gasteiger partial charge < -0.3 is 15.6 Å². The van der Waals surface area contributed by atoms with Crippen molar-refractivity contribution in [2.75, 3.05) is 5.32 Å². The first-order valence-corrected chi connectivity index (χ1v) is 6.98. The Morgan fingerprint density at radius 1 is 1.30 bits per heavy atom. The molecular weight excluding hydrogens is 250 g/mol. The molecule has 1 heterocycles. The fourth-order valence-electron chi connectivity index (χ4n) is 2.17. The molecule has 1 aromatic carbocycles. The number of nitrogens with zero attached hydrogens (tertiary/aromatic N) is 1. The number of hydrogen-bond acceptors (Lipinski definition) is 2. The Kier molecular flexibility index (Phi) is 4.96. The molecule has 1 amide bonds. The Labute approximate surface area is 119 Å². The van der Waals surface area contributed by atoms with E-state index in [1.165, 1.54) is 0 Å². The van der Waals surface area contributed by atoms with Gasteiger partial charge in [-0.25, -0.2) is 0 Å². The molecule has 0 saturated heterocycles. The second-order valence-electron chi connectivity index (χ2n) is 4.94. The smallest absolute Gasteiger partial charge is 0.225 e. The summed E-state index contributed by atoms with van der Waals surface area (Å²) in [6.45, 7) is 2.07. The monoisotopic (exact) mass is 271 g/mol. The number of rotatable bonds is 6. The molecule has 0 aliphatic carbocycles. The molecule has 0 fully saturated rings. The molecule has 1 unspecified atom stereocenters. The van der Waals surface area contributed by atoms with Crippen molar-refractivity contribution < 1.29 is 4.79 Å². The molecule has 106 valence electrons. The molecule has 4 nitrogen and oxygen atoms in total. The van der Waals surface area contributed by atoms with Crippen LogP contribution in [0.4, 0.5) is 5.69 Å². The van der Waals surface area contributed by atoms with Gasteiger partial charge in [0.15, 0.2) is 0 Å². The van der Waals surface area contributed by atoms with Crippen molar-refractivity contribution in [3.63, 3.8) is 0 Å². The maximum Gasteiger partial charge on any atom is 0.225 e. The Morgan fingerprint density at radius 2 is 2.05 bits per heavy atom. The number of hydrogen-bond donors (Lipinski definition) is 2. The van der Waals surface area contributed by atoms with Crippen LogP contribution < -0.4 is 11.1 Å². The van der Waals surface area contributed by atoms with E-state index >= 15 is 0 Å². The van der Waals surface area contributed by atoms with Crippen LogP contribution in [0.3, 0.4) is 0 Å². The van der Waals surface area contributed by atoms with E-state index in [2.05, 4.69) is 12.2 Å². The van der Waals surface area contributed by atoms with Crippen molar-refractivity contribution in [1.29, 1.82) is 0 Å². The largest absolute Gasteiger partial charge is 0.327 e. The average Bonchev–Trinajstić information content (AvgIpc) is 2.92. The lowest BCUT2D eigenvalue weighted by Crippen LogP contribution is -2.26. The number of nitrogens with two attached hydrogens (primary N) is 1. The summed E-state index contributed by atoms with van der Waals surface area (Å²) in [4.78, 5) is 11.9. The highest BCUT2D eigenvalue weighted by Gasteiger charge is 2.09. The van der Waals surface area contributed by atoms with Crippen molar-refractivity contribution in [2.24, 2.45) is 5.73 Å². The van der Waals surface area contributed by atoms with Crippen LogP contribution in [0.5, 0.6) is 0 Å². The summed E-state index contributed by atoms with van der Waals surface area (Å²) in [6, 6.07) is 11.6. The molecule has 0 saturated carbocycles. The number of benzene rings is 1. The van der Waals surface area contributed by atoms with E-state index in [1.807, 2.05) is 53.4 Å². The van der Waals surface area contributed by atoms with E-state index in [1.54, 1.807) is 0 Å². The first-order valence-electron chi connectivity index (χ1n) is 6.98. The molecule has 20 heavy (non-hydrogen) atoms. The highest BCUT2D eigenvalue weighted by Crippen LogP contribution is 2.15. The molecule has 1 atom stereocenters. The fraction of sp³-hybridized carbons (Fsp3) is 0.312. The average molecular weight is 271 g/mol. The zero-order valence-electron chi connectivity index (χ0n) is 11.8. The summed E-state index contributed by atoms with van der Waals surface area (Å²) in [7, 11) is 0. The summed E-state index contributed by atoms with van der Waals surface area (Å²) in [5.41, 5.74) is 7.70. The minimum atomic E-state index is -0.0624. The van der Waals surface area contributed by atoms with Crippen molar-refractivity contribution in [1.82, 2.24) is 4.57 Å². The van der Waals surface area contributed by atoms with E-state index in [4.69, 9.17) is 5.73 Å². The molecule has 0 aliphatic heterocycles. The van der Waals surface area contributed by atoms with Gasteiger partial charge in [0.2, 0.25) is 5.91 Å². The number of amides is 1. The van der Waals surface area contributed by atoms with Gasteiger partial charge in [0.1, 0.15) is 0 Å². The van der Waals surface area contributed by atoms with Crippen molar-refractivity contribution in [3.8, 4) is 5.69 Å². The number of aromatic nitrogens is 1. The van der Waals surface area contributed by atoms with Crippen molar-refractivity contribution in [2.45, 2.75) is 32.2 Å². The van der Waals surface area contributed by atoms with Crippen LogP contribution in [0.1, 0.15) is 26.2 Å². The third-order valence-electron chi connectivity index (χ3n) is 3.14. The zero-order valence-corrected chi connectivity index (χ0v) is 11.8. The lowest BCUT2D eigenvalue weighted by Gasteiger charge is -2.11. The number of anilines is 1. The Balaban J connectivity index is 1.99. The van der Waals surface area contributed by atoms with Gasteiger partial charge in [0.25, 0.3) is 0 Å². The lowest BCUT2D eigenvalue weighted by molar-refractivity contribution is -0.116. The zero-order chi connectivity index (χ0) is 14.4. The van der Waals surface area contributed by atoms with Gasteiger partial charge in [-0.1, -0.05) is 19.4 Å². The fourth-order valence-corrected chi connectivity index (χ4v) is 2.17. The van der Waals surface area contributed by atoms with E-state index in [-0.39, 0.29) is 11.9 Å². The van der Waals surface area contributed by atoms with Crippen LogP contribution in [0.2, 0.25) is 0 Å². The van der Waals surface area contributed by atoms with E-state index < -0.39 is 0 Å². The summed E-state index contributed by atoms with van der Waals surface area (Å²) in [5.74, 6) is -0.0318. The highest BCUT2D eigenvalue weighted by atomic mass is 16.1. The summed E-state index contributed by atoms with van der Waals surface area (Å²) < 4.78 is 2.00. The van der Waals surface area contributed by atoms with Gasteiger partial charge in [-0.2, -0.15) is 0 Å². The number of nitrogens with one attached hydrogen (secondary N) is 1. The third kappa shape index (κ3) is 3.96. The van der Waals surface area contributed by atoms with Gasteiger partial charge >= 0.3 is 0 Å². The van der Waals surface area contributed by atoms with Crippen LogP contribution in [0.25, 0.3) is 5.69 Å². The molecule has 4 heteroatoms. The predicted octanol–water partition coefficient (Wildman–Crippen LogP) is 2.93. The molecule has 1 aromatic heterocycles. The van der Waals surface area contributed by atoms with Crippen LogP contribution in [0, 0.1) is 0 Å². The molecule has 0 aliphatic rings. The SMILES string of the molecule is CCCC(N)CC(=O)Nc1cccc(-n2cccc2)c1. The summed E-state index contributed by atoms with van der Waals surface area (Å²) >= 11 is 0. The Bertz CT molecular complexity index is 549. The van der Waals surface area contributed by atoms with E-state index in [0.717, 1.165) is 24.2 Å². The first-order chi connectivity index (χ1) is 9.69. The second kappa shape index (κ2) is 6.91. The van der Waals surface area contributed by atoms with E-state index in [9.17, 15) is 4.79 Å². The predicted molar refractivity (Wildman–Crippen MR) is 81.9 cm³/mol. The number of carbonyl (C=O) groups excluding carboxylic acids is 1. The van der Waals surface area contributed by atoms with Gasteiger partial charge in [0, 0.05) is 36.2 Å². The third-order valence-corrected chi connectivity index (χ3v) is 3.14. The molecule has 0 spiro atoms. The summed E-state index contributed by atoms with van der Waals surface area (Å²) in [6.07, 6.45) is 6.17. The second-order valence-corrected chi connectivity index (χ2v) is 4.94. The molecule has 2 aromatic rings. The Morgan fingerprint density at radius 3 is 2.75 bits per heavy atom. The van der Waals surface area contributed by atoms with Crippen LogP contribution >= 0.6 is 0 Å². The maximum absolute atomic E-state index is 11.9. The van der Waals surface area contributed by atoms with Gasteiger partial charge in [-0.05, 0) is 36.8 Å². The molecule has 2 rings (SSSR count). The van der Waals surface area contributed by atoms with Crippen LogP contribution in [0.15, 0.2) is 48.8 Å². The quantitative estimate of drug-likeness (QED) is 0.848. The Hall–Kier alpha value is -2.07. The van der Waals surface area contributed by atoms with Gasteiger partial charge in [-0.3, -0.25) is 4.79 Å². The maximum atomic E-state index is 11.9. The minimum Gasteiger partial charge on any atom is -0.327 e. The summed E-state index contributed by atoms with van der Waals surface area (Å²) in [5, 5.41) is 2.90. The standard InChI is InChI=1S/C16H21N3O/c1-2-6-13(17)11-16(20)18-14-7-5-8-15(12-14)19-9-3-4-10-19/h3-5,7-10,12-13H,2,6,11,17H2,1H3,(H,18,20). The van der Waals surface area contributed by atoms with Gasteiger partial charge in [0.05, 0.1) is 0 Å². The minimum absolute atomic E-state index is 0.0318. The first kappa shape index (κ1) is 14.3. The topological polar surface area (TPSA) is 60.1 Å². The highest BCUT2D eigenvalue weighted by molar-refractivity contribution is 5.91.